The van der Waals surface area contributed by atoms with E-state index in [9.17, 15) is 9.59 Å². The summed E-state index contributed by atoms with van der Waals surface area (Å²) < 4.78 is 2.96. The van der Waals surface area contributed by atoms with Crippen LogP contribution in [0.25, 0.3) is 0 Å². The molecule has 6 heteroatoms. The Bertz CT molecular complexity index is 495. The van der Waals surface area contributed by atoms with E-state index in [0.29, 0.717) is 24.7 Å². The van der Waals surface area contributed by atoms with Gasteiger partial charge in [-0.1, -0.05) is 6.42 Å². The molecule has 20 heavy (non-hydrogen) atoms. The fourth-order valence-electron chi connectivity index (χ4n) is 2.15. The van der Waals surface area contributed by atoms with E-state index in [2.05, 4.69) is 21.2 Å². The van der Waals surface area contributed by atoms with Crippen molar-refractivity contribution < 1.29 is 14.7 Å². The number of hydrogen-bond donors (Lipinski definition) is 2. The number of amides is 1. The average molecular weight is 343 g/mol. The van der Waals surface area contributed by atoms with Gasteiger partial charge in [0.1, 0.15) is 5.69 Å². The number of nitrogens with one attached hydrogen (secondary N) is 1. The van der Waals surface area contributed by atoms with Gasteiger partial charge < -0.3 is 15.0 Å². The molecule has 0 unspecified atom stereocenters. The summed E-state index contributed by atoms with van der Waals surface area (Å²) in [5.74, 6) is -0.818. The monoisotopic (exact) mass is 342 g/mol. The molecule has 1 amide bonds. The molecule has 0 bridgehead atoms. The van der Waals surface area contributed by atoms with Crippen LogP contribution < -0.4 is 5.32 Å². The van der Waals surface area contributed by atoms with Gasteiger partial charge in [-0.25, -0.2) is 0 Å². The van der Waals surface area contributed by atoms with E-state index >= 15 is 0 Å². The Hall–Kier alpha value is -1.30. The van der Waals surface area contributed by atoms with Crippen LogP contribution >= 0.6 is 15.9 Å². The highest BCUT2D eigenvalue weighted by Gasteiger charge is 2.27. The Morgan fingerprint density at radius 1 is 1.35 bits per heavy atom. The number of nitrogens with zero attached hydrogens (tertiary/aromatic N) is 1. The third kappa shape index (κ3) is 4.37. The molecule has 1 saturated carbocycles. The summed E-state index contributed by atoms with van der Waals surface area (Å²) in [5, 5.41) is 11.4. The van der Waals surface area contributed by atoms with Crippen molar-refractivity contribution in [1.29, 1.82) is 0 Å². The third-order valence-corrected chi connectivity index (χ3v) is 3.77. The van der Waals surface area contributed by atoms with Crippen LogP contribution in [-0.2, 0) is 4.79 Å². The molecule has 0 atom stereocenters. The van der Waals surface area contributed by atoms with Crippen LogP contribution in [0.5, 0.6) is 0 Å². The van der Waals surface area contributed by atoms with Crippen molar-refractivity contribution in [3.63, 3.8) is 0 Å². The second kappa shape index (κ2) is 6.92. The summed E-state index contributed by atoms with van der Waals surface area (Å²) in [6.45, 7) is 0.589. The summed E-state index contributed by atoms with van der Waals surface area (Å²) in [6, 6.07) is 2.32. The van der Waals surface area contributed by atoms with Gasteiger partial charge in [-0.3, -0.25) is 9.59 Å². The molecule has 0 aliphatic heterocycles. The first-order valence-electron chi connectivity index (χ1n) is 6.95. The lowest BCUT2D eigenvalue weighted by atomic mass is 10.2. The molecule has 1 aliphatic rings. The molecule has 110 valence electrons. The Balaban J connectivity index is 1.73. The van der Waals surface area contributed by atoms with Gasteiger partial charge in [0.15, 0.2) is 0 Å². The number of carbonyl (C=O) groups is 2. The molecule has 1 heterocycles. The molecular formula is C14H19BrN2O3. The zero-order valence-electron chi connectivity index (χ0n) is 11.3. The molecule has 5 nitrogen and oxygen atoms in total. The molecule has 0 aromatic carbocycles. The smallest absolute Gasteiger partial charge is 0.303 e. The Morgan fingerprint density at radius 2 is 2.10 bits per heavy atom. The van der Waals surface area contributed by atoms with E-state index in [1.165, 1.54) is 0 Å². The number of aromatic nitrogens is 1. The first-order valence-corrected chi connectivity index (χ1v) is 7.74. The molecule has 1 aliphatic carbocycles. The first-order chi connectivity index (χ1) is 9.58. The van der Waals surface area contributed by atoms with Crippen molar-refractivity contribution in [3.8, 4) is 0 Å². The molecule has 0 radical (unpaired) electrons. The summed E-state index contributed by atoms with van der Waals surface area (Å²) in [6.07, 6.45) is 6.72. The molecule has 1 fully saturated rings. The molecular weight excluding hydrogens is 324 g/mol. The zero-order chi connectivity index (χ0) is 14.5. The highest BCUT2D eigenvalue weighted by molar-refractivity contribution is 9.10. The van der Waals surface area contributed by atoms with Gasteiger partial charge in [0.2, 0.25) is 0 Å². The largest absolute Gasteiger partial charge is 0.481 e. The van der Waals surface area contributed by atoms with Crippen molar-refractivity contribution in [2.45, 2.75) is 44.6 Å². The highest BCUT2D eigenvalue weighted by atomic mass is 79.9. The third-order valence-electron chi connectivity index (χ3n) is 3.34. The topological polar surface area (TPSA) is 71.3 Å². The van der Waals surface area contributed by atoms with Gasteiger partial charge in [-0.05, 0) is 47.7 Å². The van der Waals surface area contributed by atoms with Gasteiger partial charge in [0.05, 0.1) is 0 Å². The molecule has 0 saturated heterocycles. The van der Waals surface area contributed by atoms with Crippen molar-refractivity contribution in [2.24, 2.45) is 0 Å². The summed E-state index contributed by atoms with van der Waals surface area (Å²) in [5.41, 5.74) is 0.699. The van der Waals surface area contributed by atoms with Crippen LogP contribution in [0.4, 0.5) is 0 Å². The predicted molar refractivity (Wildman–Crippen MR) is 78.8 cm³/mol. The van der Waals surface area contributed by atoms with Gasteiger partial charge in [0.25, 0.3) is 5.91 Å². The summed E-state index contributed by atoms with van der Waals surface area (Å²) in [7, 11) is 0. The van der Waals surface area contributed by atoms with E-state index in [0.717, 1.165) is 30.2 Å². The lowest BCUT2D eigenvalue weighted by Crippen LogP contribution is -2.26. The van der Waals surface area contributed by atoms with Gasteiger partial charge in [-0.2, -0.15) is 0 Å². The van der Waals surface area contributed by atoms with Crippen LogP contribution in [0, 0.1) is 0 Å². The number of carboxylic acids is 1. The number of aliphatic carboxylic acids is 1. The van der Waals surface area contributed by atoms with E-state index < -0.39 is 5.97 Å². The molecule has 2 N–H and O–H groups in total. The number of unbranched alkanes of at least 4 members (excludes halogenated alkanes) is 2. The Labute approximate surface area is 126 Å². The lowest BCUT2D eigenvalue weighted by molar-refractivity contribution is -0.137. The van der Waals surface area contributed by atoms with Crippen LogP contribution in [0.1, 0.15) is 55.1 Å². The first kappa shape index (κ1) is 15.1. The predicted octanol–water partition coefficient (Wildman–Crippen LogP) is 2.96. The number of carbonyl (C=O) groups excluding carboxylic acids is 1. The van der Waals surface area contributed by atoms with E-state index in [1.807, 2.05) is 16.8 Å². The maximum Gasteiger partial charge on any atom is 0.303 e. The van der Waals surface area contributed by atoms with Crippen LogP contribution in [0.15, 0.2) is 16.7 Å². The zero-order valence-corrected chi connectivity index (χ0v) is 12.9. The summed E-state index contributed by atoms with van der Waals surface area (Å²) in [4.78, 5) is 22.5. The van der Waals surface area contributed by atoms with Crippen molar-refractivity contribution in [2.75, 3.05) is 6.54 Å². The Morgan fingerprint density at radius 3 is 2.75 bits per heavy atom. The fraction of sp³-hybridized carbons (Fsp3) is 0.571. The van der Waals surface area contributed by atoms with Crippen molar-refractivity contribution in [1.82, 2.24) is 9.88 Å². The molecule has 0 spiro atoms. The number of halogens is 1. The maximum absolute atomic E-state index is 12.1. The number of hydrogen-bond acceptors (Lipinski definition) is 2. The van der Waals surface area contributed by atoms with Crippen LogP contribution in [-0.4, -0.2) is 28.1 Å². The fourth-order valence-corrected chi connectivity index (χ4v) is 2.59. The summed E-state index contributed by atoms with van der Waals surface area (Å²) >= 11 is 3.41. The van der Waals surface area contributed by atoms with Gasteiger partial charge in [-0.15, -0.1) is 0 Å². The second-order valence-corrected chi connectivity index (χ2v) is 6.06. The van der Waals surface area contributed by atoms with E-state index in [4.69, 9.17) is 5.11 Å². The highest BCUT2D eigenvalue weighted by Crippen LogP contribution is 2.37. The maximum atomic E-state index is 12.1. The van der Waals surface area contributed by atoms with Crippen LogP contribution in [0.2, 0.25) is 0 Å². The second-order valence-electron chi connectivity index (χ2n) is 5.14. The molecule has 2 rings (SSSR count). The SMILES string of the molecule is O=C(O)CCCCCNC(=O)c1cc(Br)cn1C1CC1. The number of rotatable bonds is 8. The number of carboxylic acid groups (broad SMARTS) is 1. The van der Waals surface area contributed by atoms with Gasteiger partial charge in [0, 0.05) is 29.7 Å². The van der Waals surface area contributed by atoms with E-state index in [1.54, 1.807) is 0 Å². The quantitative estimate of drug-likeness (QED) is 0.713. The lowest BCUT2D eigenvalue weighted by Gasteiger charge is -2.08. The minimum atomic E-state index is -0.763. The molecule has 1 aromatic heterocycles. The minimum absolute atomic E-state index is 0.0548. The standard InChI is InChI=1S/C14H19BrN2O3/c15-10-8-12(17(9-10)11-5-6-11)14(20)16-7-3-1-2-4-13(18)19/h8-9,11H,1-7H2,(H,16,20)(H,18,19). The average Bonchev–Trinajstić information content (AvgIpc) is 3.16. The van der Waals surface area contributed by atoms with Crippen molar-refractivity contribution in [3.05, 3.63) is 22.4 Å². The van der Waals surface area contributed by atoms with Gasteiger partial charge >= 0.3 is 5.97 Å². The van der Waals surface area contributed by atoms with Crippen molar-refractivity contribution >= 4 is 27.8 Å². The normalized spacial score (nSPS) is 14.2. The van der Waals surface area contributed by atoms with Crippen LogP contribution in [0.3, 0.4) is 0 Å². The van der Waals surface area contributed by atoms with E-state index in [-0.39, 0.29) is 12.3 Å². The Kier molecular flexibility index (Phi) is 5.23. The minimum Gasteiger partial charge on any atom is -0.481 e. The molecule has 1 aromatic rings.